The Morgan fingerprint density at radius 3 is 1.23 bits per heavy atom. The van der Waals surface area contributed by atoms with E-state index in [1.165, 1.54) is 141 Å². The second-order valence-electron chi connectivity index (χ2n) is 16.1. The monoisotopic (exact) mass is 792 g/mol. The van der Waals surface area contributed by atoms with Crippen molar-refractivity contribution in [2.45, 2.75) is 238 Å². The minimum atomic E-state index is -0.864. The van der Waals surface area contributed by atoms with Crippen LogP contribution in [-0.2, 0) is 4.79 Å². The minimum absolute atomic E-state index is 0.0771. The zero-order valence-corrected chi connectivity index (χ0v) is 37.6. The molecule has 0 spiro atoms. The molecule has 4 heteroatoms. The Morgan fingerprint density at radius 2 is 0.789 bits per heavy atom. The van der Waals surface area contributed by atoms with E-state index in [2.05, 4.69) is 92.1 Å². The van der Waals surface area contributed by atoms with Crippen LogP contribution < -0.4 is 5.32 Å². The number of allylic oxidation sites excluding steroid dienone is 13. The molecule has 328 valence electrons. The van der Waals surface area contributed by atoms with E-state index in [-0.39, 0.29) is 12.5 Å². The third kappa shape index (κ3) is 44.5. The molecular formula is C53H93NO3. The molecule has 4 nitrogen and oxygen atoms in total. The molecule has 0 aromatic rings. The van der Waals surface area contributed by atoms with Crippen molar-refractivity contribution in [1.29, 1.82) is 0 Å². The summed E-state index contributed by atoms with van der Waals surface area (Å²) in [6.07, 6.45) is 70.0. The van der Waals surface area contributed by atoms with Gasteiger partial charge in [-0.1, -0.05) is 227 Å². The molecule has 2 atom stereocenters. The van der Waals surface area contributed by atoms with Crippen LogP contribution in [0.1, 0.15) is 226 Å². The highest BCUT2D eigenvalue weighted by Gasteiger charge is 2.17. The maximum atomic E-state index is 12.4. The smallest absolute Gasteiger partial charge is 0.220 e. The predicted octanol–water partition coefficient (Wildman–Crippen LogP) is 15.6. The minimum Gasteiger partial charge on any atom is -0.394 e. The molecule has 2 unspecified atom stereocenters. The molecule has 0 aromatic carbocycles. The van der Waals surface area contributed by atoms with Crippen LogP contribution in [0.4, 0.5) is 0 Å². The molecule has 0 bridgehead atoms. The van der Waals surface area contributed by atoms with Gasteiger partial charge in [0.1, 0.15) is 0 Å². The lowest BCUT2D eigenvalue weighted by atomic mass is 10.0. The average Bonchev–Trinajstić information content (AvgIpc) is 3.22. The highest BCUT2D eigenvalue weighted by atomic mass is 16.3. The van der Waals surface area contributed by atoms with Crippen molar-refractivity contribution in [2.75, 3.05) is 6.61 Å². The molecule has 3 N–H and O–H groups in total. The van der Waals surface area contributed by atoms with Crippen LogP contribution in [0.25, 0.3) is 0 Å². The van der Waals surface area contributed by atoms with Crippen LogP contribution in [0, 0.1) is 0 Å². The fourth-order valence-corrected chi connectivity index (χ4v) is 6.93. The van der Waals surface area contributed by atoms with E-state index in [1.807, 2.05) is 6.08 Å². The topological polar surface area (TPSA) is 69.6 Å². The number of aliphatic hydroxyl groups is 2. The van der Waals surface area contributed by atoms with Crippen LogP contribution in [0.3, 0.4) is 0 Å². The average molecular weight is 792 g/mol. The zero-order valence-electron chi connectivity index (χ0n) is 37.6. The summed E-state index contributed by atoms with van der Waals surface area (Å²) >= 11 is 0. The van der Waals surface area contributed by atoms with Crippen molar-refractivity contribution >= 4 is 5.91 Å². The predicted molar refractivity (Wildman–Crippen MR) is 253 cm³/mol. The van der Waals surface area contributed by atoms with Crippen LogP contribution in [0.15, 0.2) is 85.1 Å². The quantitative estimate of drug-likeness (QED) is 0.0425. The molecule has 0 saturated carbocycles. The highest BCUT2D eigenvalue weighted by molar-refractivity contribution is 5.76. The summed E-state index contributed by atoms with van der Waals surface area (Å²) in [6.45, 7) is 4.17. The van der Waals surface area contributed by atoms with Gasteiger partial charge in [-0.3, -0.25) is 4.79 Å². The lowest BCUT2D eigenvalue weighted by Crippen LogP contribution is -2.45. The second kappa shape index (κ2) is 47.9. The van der Waals surface area contributed by atoms with Crippen LogP contribution in [0.2, 0.25) is 0 Å². The maximum Gasteiger partial charge on any atom is 0.220 e. The number of amides is 1. The van der Waals surface area contributed by atoms with Gasteiger partial charge in [-0.15, -0.1) is 0 Å². The first kappa shape index (κ1) is 54.6. The Balaban J connectivity index is 3.55. The molecule has 0 aromatic heterocycles. The van der Waals surface area contributed by atoms with Gasteiger partial charge in [0, 0.05) is 6.42 Å². The summed E-state index contributed by atoms with van der Waals surface area (Å²) in [7, 11) is 0. The van der Waals surface area contributed by atoms with Crippen LogP contribution in [-0.4, -0.2) is 34.9 Å². The molecular weight excluding hydrogens is 699 g/mol. The van der Waals surface area contributed by atoms with Gasteiger partial charge < -0.3 is 15.5 Å². The first-order valence-electron chi connectivity index (χ1n) is 24.3. The number of nitrogens with one attached hydrogen (secondary N) is 1. The molecule has 0 aliphatic rings. The van der Waals surface area contributed by atoms with E-state index in [4.69, 9.17) is 0 Å². The number of hydrogen-bond acceptors (Lipinski definition) is 3. The first-order valence-corrected chi connectivity index (χ1v) is 24.3. The summed E-state index contributed by atoms with van der Waals surface area (Å²) < 4.78 is 0. The van der Waals surface area contributed by atoms with Crippen molar-refractivity contribution in [3.05, 3.63) is 85.1 Å². The third-order valence-electron chi connectivity index (χ3n) is 10.6. The van der Waals surface area contributed by atoms with Gasteiger partial charge in [0.05, 0.1) is 18.8 Å². The number of carbonyl (C=O) groups is 1. The van der Waals surface area contributed by atoms with E-state index in [9.17, 15) is 15.0 Å². The fraction of sp³-hybridized carbons (Fsp3) is 0.717. The van der Waals surface area contributed by atoms with E-state index in [1.54, 1.807) is 6.08 Å². The Hall–Kier alpha value is -2.43. The summed E-state index contributed by atoms with van der Waals surface area (Å²) in [6, 6.07) is -0.642. The molecule has 0 rings (SSSR count). The van der Waals surface area contributed by atoms with Gasteiger partial charge in [-0.05, 0) is 77.0 Å². The Labute approximate surface area is 354 Å². The molecule has 57 heavy (non-hydrogen) atoms. The summed E-state index contributed by atoms with van der Waals surface area (Å²) in [4.78, 5) is 12.4. The largest absolute Gasteiger partial charge is 0.394 e. The van der Waals surface area contributed by atoms with E-state index in [0.717, 1.165) is 64.2 Å². The molecule has 0 aliphatic carbocycles. The number of rotatable bonds is 43. The van der Waals surface area contributed by atoms with Crippen LogP contribution in [0.5, 0.6) is 0 Å². The van der Waals surface area contributed by atoms with E-state index < -0.39 is 12.1 Å². The first-order chi connectivity index (χ1) is 28.2. The van der Waals surface area contributed by atoms with E-state index >= 15 is 0 Å². The SMILES string of the molecule is CC/C=C\C/C=C\C/C=C\C/C=C\C/C=C\CCCCCCCCCCCCCCCCCC(=O)NC(CO)C(O)/C=C/CC/C=C/CCCCCCCCCC. The van der Waals surface area contributed by atoms with Crippen molar-refractivity contribution in [3.63, 3.8) is 0 Å². The number of hydrogen-bond donors (Lipinski definition) is 3. The third-order valence-corrected chi connectivity index (χ3v) is 10.6. The number of aliphatic hydroxyl groups excluding tert-OH is 2. The lowest BCUT2D eigenvalue weighted by Gasteiger charge is -2.19. The standard InChI is InChI=1S/C53H93NO3/c1-3-5-7-9-11-13-15-17-19-20-21-22-23-24-25-26-27-28-29-30-31-32-33-34-35-37-39-41-43-45-47-49-53(57)54-51(50-55)52(56)48-46-44-42-40-38-36-18-16-14-12-10-8-6-4-2/h5,7,11,13,17,19,21-22,24-25,38,40,46,48,51-52,55-56H,3-4,6,8-10,12,14-16,18,20,23,26-37,39,41-45,47,49-50H2,1-2H3,(H,54,57)/b7-5-,13-11-,19-17-,22-21-,25-24-,40-38+,48-46+. The van der Waals surface area contributed by atoms with Gasteiger partial charge in [-0.2, -0.15) is 0 Å². The fourth-order valence-electron chi connectivity index (χ4n) is 6.93. The summed E-state index contributed by atoms with van der Waals surface area (Å²) in [5, 5.41) is 23.0. The zero-order chi connectivity index (χ0) is 41.4. The molecule has 0 fully saturated rings. The summed E-state index contributed by atoms with van der Waals surface area (Å²) in [5.41, 5.74) is 0. The van der Waals surface area contributed by atoms with E-state index in [0.29, 0.717) is 6.42 Å². The van der Waals surface area contributed by atoms with Gasteiger partial charge in [0.25, 0.3) is 0 Å². The lowest BCUT2D eigenvalue weighted by molar-refractivity contribution is -0.123. The molecule has 0 aliphatic heterocycles. The van der Waals surface area contributed by atoms with Gasteiger partial charge >= 0.3 is 0 Å². The maximum absolute atomic E-state index is 12.4. The Bertz CT molecular complexity index is 1030. The Kier molecular flexibility index (Phi) is 45.9. The molecule has 0 heterocycles. The van der Waals surface area contributed by atoms with Crippen molar-refractivity contribution < 1.29 is 15.0 Å². The Morgan fingerprint density at radius 1 is 0.439 bits per heavy atom. The van der Waals surface area contributed by atoms with Gasteiger partial charge in [-0.25, -0.2) is 0 Å². The molecule has 1 amide bonds. The van der Waals surface area contributed by atoms with Crippen molar-refractivity contribution in [1.82, 2.24) is 5.32 Å². The number of carbonyl (C=O) groups excluding carboxylic acids is 1. The van der Waals surface area contributed by atoms with Crippen LogP contribution >= 0.6 is 0 Å². The van der Waals surface area contributed by atoms with Crippen molar-refractivity contribution in [3.8, 4) is 0 Å². The summed E-state index contributed by atoms with van der Waals surface area (Å²) in [5.74, 6) is -0.0771. The van der Waals surface area contributed by atoms with Gasteiger partial charge in [0.15, 0.2) is 0 Å². The second-order valence-corrected chi connectivity index (χ2v) is 16.1. The molecule has 0 saturated heterocycles. The van der Waals surface area contributed by atoms with Crippen molar-refractivity contribution in [2.24, 2.45) is 0 Å². The molecule has 0 radical (unpaired) electrons. The normalized spacial score (nSPS) is 13.7. The number of unbranched alkanes of at least 4 members (excludes halogenated alkanes) is 24. The van der Waals surface area contributed by atoms with Gasteiger partial charge in [0.2, 0.25) is 5.91 Å². The highest BCUT2D eigenvalue weighted by Crippen LogP contribution is 2.15.